The SMILES string of the molecule is COC(=O)C(C)(NC(C)C)c1ccc(Cl)cc1Cl. The number of carbonyl (C=O) groups is 1. The number of hydrogen-bond donors (Lipinski definition) is 1. The molecule has 1 aromatic carbocycles. The van der Waals surface area contributed by atoms with Crippen molar-refractivity contribution in [2.45, 2.75) is 32.4 Å². The third-order valence-electron chi connectivity index (χ3n) is 2.64. The van der Waals surface area contributed by atoms with Crippen molar-refractivity contribution >= 4 is 29.2 Å². The number of rotatable bonds is 4. The van der Waals surface area contributed by atoms with Crippen molar-refractivity contribution in [3.8, 4) is 0 Å². The number of ether oxygens (including phenoxy) is 1. The van der Waals surface area contributed by atoms with Gasteiger partial charge in [0, 0.05) is 21.7 Å². The number of esters is 1. The number of halogens is 2. The van der Waals surface area contributed by atoms with Gasteiger partial charge in [0.15, 0.2) is 0 Å². The van der Waals surface area contributed by atoms with Gasteiger partial charge in [-0.1, -0.05) is 29.3 Å². The highest BCUT2D eigenvalue weighted by atomic mass is 35.5. The van der Waals surface area contributed by atoms with Crippen LogP contribution in [0.5, 0.6) is 0 Å². The lowest BCUT2D eigenvalue weighted by Crippen LogP contribution is -2.50. The van der Waals surface area contributed by atoms with Gasteiger partial charge in [-0.25, -0.2) is 4.79 Å². The third kappa shape index (κ3) is 3.16. The van der Waals surface area contributed by atoms with Crippen molar-refractivity contribution in [3.05, 3.63) is 33.8 Å². The largest absolute Gasteiger partial charge is 0.467 e. The van der Waals surface area contributed by atoms with Crippen molar-refractivity contribution in [1.82, 2.24) is 5.32 Å². The lowest BCUT2D eigenvalue weighted by Gasteiger charge is -2.31. The van der Waals surface area contributed by atoms with E-state index in [4.69, 9.17) is 27.9 Å². The van der Waals surface area contributed by atoms with Crippen LogP contribution < -0.4 is 5.32 Å². The Morgan fingerprint density at radius 2 is 2.00 bits per heavy atom. The number of benzene rings is 1. The summed E-state index contributed by atoms with van der Waals surface area (Å²) >= 11 is 12.0. The highest BCUT2D eigenvalue weighted by Crippen LogP contribution is 2.31. The first-order valence-corrected chi connectivity index (χ1v) is 6.38. The fraction of sp³-hybridized carbons (Fsp3) is 0.462. The topological polar surface area (TPSA) is 38.3 Å². The van der Waals surface area contributed by atoms with E-state index in [1.165, 1.54) is 7.11 Å². The first-order chi connectivity index (χ1) is 8.31. The zero-order chi connectivity index (χ0) is 13.9. The van der Waals surface area contributed by atoms with Crippen molar-refractivity contribution < 1.29 is 9.53 Å². The van der Waals surface area contributed by atoms with Crippen LogP contribution in [0.1, 0.15) is 26.3 Å². The molecule has 0 radical (unpaired) electrons. The lowest BCUT2D eigenvalue weighted by molar-refractivity contribution is -0.148. The molecule has 1 unspecified atom stereocenters. The Bertz CT molecular complexity index is 449. The molecule has 0 heterocycles. The highest BCUT2D eigenvalue weighted by Gasteiger charge is 2.38. The second-order valence-corrected chi connectivity index (χ2v) is 5.38. The van der Waals surface area contributed by atoms with Crippen LogP contribution in [0.4, 0.5) is 0 Å². The molecule has 0 amide bonds. The number of methoxy groups -OCH3 is 1. The quantitative estimate of drug-likeness (QED) is 0.864. The predicted octanol–water partition coefficient (Wildman–Crippen LogP) is 3.38. The summed E-state index contributed by atoms with van der Waals surface area (Å²) in [5.41, 5.74) is -0.348. The Morgan fingerprint density at radius 1 is 1.39 bits per heavy atom. The van der Waals surface area contributed by atoms with Gasteiger partial charge in [-0.15, -0.1) is 0 Å². The highest BCUT2D eigenvalue weighted by molar-refractivity contribution is 6.35. The van der Waals surface area contributed by atoms with E-state index in [0.29, 0.717) is 15.6 Å². The van der Waals surface area contributed by atoms with Gasteiger partial charge < -0.3 is 4.74 Å². The Balaban J connectivity index is 3.29. The van der Waals surface area contributed by atoms with Crippen LogP contribution in [0.15, 0.2) is 18.2 Å². The van der Waals surface area contributed by atoms with Crippen molar-refractivity contribution in [1.29, 1.82) is 0 Å². The molecule has 1 aromatic rings. The fourth-order valence-corrected chi connectivity index (χ4v) is 2.52. The van der Waals surface area contributed by atoms with Gasteiger partial charge in [-0.3, -0.25) is 5.32 Å². The first-order valence-electron chi connectivity index (χ1n) is 5.63. The average molecular weight is 290 g/mol. The number of carbonyl (C=O) groups excluding carboxylic acids is 1. The second kappa shape index (κ2) is 5.91. The zero-order valence-electron chi connectivity index (χ0n) is 10.9. The minimum atomic E-state index is -0.995. The van der Waals surface area contributed by atoms with Crippen LogP contribution in [0.2, 0.25) is 10.0 Å². The molecule has 1 rings (SSSR count). The van der Waals surface area contributed by atoms with Gasteiger partial charge in [-0.2, -0.15) is 0 Å². The summed E-state index contributed by atoms with van der Waals surface area (Å²) in [5.74, 6) is -0.388. The van der Waals surface area contributed by atoms with E-state index in [2.05, 4.69) is 5.32 Å². The molecule has 0 fully saturated rings. The first kappa shape index (κ1) is 15.3. The molecule has 18 heavy (non-hydrogen) atoms. The van der Waals surface area contributed by atoms with Gasteiger partial charge in [0.05, 0.1) is 7.11 Å². The number of hydrogen-bond acceptors (Lipinski definition) is 3. The standard InChI is InChI=1S/C13H17Cl2NO2/c1-8(2)16-13(3,12(17)18-4)10-6-5-9(14)7-11(10)15/h5-8,16H,1-4H3. The fourth-order valence-electron chi connectivity index (χ4n) is 1.92. The van der Waals surface area contributed by atoms with E-state index in [1.807, 2.05) is 13.8 Å². The molecule has 0 aliphatic heterocycles. The van der Waals surface area contributed by atoms with Gasteiger partial charge in [0.1, 0.15) is 5.54 Å². The van der Waals surface area contributed by atoms with Crippen LogP contribution in [0.25, 0.3) is 0 Å². The van der Waals surface area contributed by atoms with Crippen LogP contribution in [0, 0.1) is 0 Å². The predicted molar refractivity (Wildman–Crippen MR) is 74.1 cm³/mol. The minimum absolute atomic E-state index is 0.0980. The molecule has 1 atom stereocenters. The van der Waals surface area contributed by atoms with Crippen molar-refractivity contribution in [2.24, 2.45) is 0 Å². The minimum Gasteiger partial charge on any atom is -0.467 e. The Labute approximate surface area is 117 Å². The molecule has 3 nitrogen and oxygen atoms in total. The maximum atomic E-state index is 12.0. The molecule has 0 bridgehead atoms. The molecule has 0 aromatic heterocycles. The molecular formula is C13H17Cl2NO2. The number of nitrogens with one attached hydrogen (secondary N) is 1. The Hall–Kier alpha value is -0.770. The van der Waals surface area contributed by atoms with E-state index in [1.54, 1.807) is 25.1 Å². The summed E-state index contributed by atoms with van der Waals surface area (Å²) in [5, 5.41) is 4.14. The Morgan fingerprint density at radius 3 is 2.44 bits per heavy atom. The van der Waals surface area contributed by atoms with E-state index in [0.717, 1.165) is 0 Å². The Kier molecular flexibility index (Phi) is 5.02. The molecule has 0 saturated heterocycles. The van der Waals surface area contributed by atoms with Gasteiger partial charge >= 0.3 is 5.97 Å². The summed E-state index contributed by atoms with van der Waals surface area (Å²) in [6.45, 7) is 5.64. The van der Waals surface area contributed by atoms with Crippen LogP contribution in [0.3, 0.4) is 0 Å². The second-order valence-electron chi connectivity index (χ2n) is 4.54. The molecular weight excluding hydrogens is 273 g/mol. The van der Waals surface area contributed by atoms with Gasteiger partial charge in [0.25, 0.3) is 0 Å². The molecule has 0 saturated carbocycles. The maximum absolute atomic E-state index is 12.0. The van der Waals surface area contributed by atoms with Crippen LogP contribution in [-0.2, 0) is 15.1 Å². The monoisotopic (exact) mass is 289 g/mol. The van der Waals surface area contributed by atoms with E-state index in [-0.39, 0.29) is 12.0 Å². The summed E-state index contributed by atoms with van der Waals surface area (Å²) < 4.78 is 4.86. The molecule has 1 N–H and O–H groups in total. The summed E-state index contributed by atoms with van der Waals surface area (Å²) in [6.07, 6.45) is 0. The van der Waals surface area contributed by atoms with Crippen LogP contribution in [-0.4, -0.2) is 19.1 Å². The third-order valence-corrected chi connectivity index (χ3v) is 3.19. The average Bonchev–Trinajstić information content (AvgIpc) is 2.26. The zero-order valence-corrected chi connectivity index (χ0v) is 12.4. The van der Waals surface area contributed by atoms with Crippen LogP contribution >= 0.6 is 23.2 Å². The van der Waals surface area contributed by atoms with Gasteiger partial charge in [0.2, 0.25) is 0 Å². The molecule has 0 aliphatic rings. The summed E-state index contributed by atoms with van der Waals surface area (Å²) in [4.78, 5) is 12.0. The molecule has 0 aliphatic carbocycles. The van der Waals surface area contributed by atoms with Crippen molar-refractivity contribution in [3.63, 3.8) is 0 Å². The van der Waals surface area contributed by atoms with E-state index < -0.39 is 5.54 Å². The van der Waals surface area contributed by atoms with Gasteiger partial charge in [-0.05, 0) is 32.9 Å². The normalized spacial score (nSPS) is 14.4. The molecule has 0 spiro atoms. The van der Waals surface area contributed by atoms with Crippen molar-refractivity contribution in [2.75, 3.05) is 7.11 Å². The van der Waals surface area contributed by atoms with E-state index in [9.17, 15) is 4.79 Å². The summed E-state index contributed by atoms with van der Waals surface area (Å²) in [7, 11) is 1.35. The molecule has 5 heteroatoms. The smallest absolute Gasteiger partial charge is 0.330 e. The summed E-state index contributed by atoms with van der Waals surface area (Å²) in [6, 6.07) is 5.14. The lowest BCUT2D eigenvalue weighted by atomic mass is 9.91. The maximum Gasteiger partial charge on any atom is 0.330 e. The molecule has 100 valence electrons. The van der Waals surface area contributed by atoms with E-state index >= 15 is 0 Å².